The van der Waals surface area contributed by atoms with Crippen LogP contribution in [0.1, 0.15) is 32.9 Å². The number of hydrogen-bond donors (Lipinski definition) is 1. The molecule has 2 heterocycles. The average Bonchev–Trinajstić information content (AvgIpc) is 2.32. The molecule has 2 aromatic heterocycles. The van der Waals surface area contributed by atoms with Gasteiger partial charge in [0.15, 0.2) is 0 Å². The van der Waals surface area contributed by atoms with Crippen molar-refractivity contribution in [1.29, 1.82) is 0 Å². The maximum Gasteiger partial charge on any atom is 0.338 e. The second-order valence-electron chi connectivity index (χ2n) is 4.62. The predicted octanol–water partition coefficient (Wildman–Crippen LogP) is 2.95. The van der Waals surface area contributed by atoms with Gasteiger partial charge in [0.2, 0.25) is 0 Å². The van der Waals surface area contributed by atoms with Crippen LogP contribution in [0.25, 0.3) is 0 Å². The fourth-order valence-corrected chi connectivity index (χ4v) is 2.92. The predicted molar refractivity (Wildman–Crippen MR) is 76.3 cm³/mol. The lowest BCUT2D eigenvalue weighted by Gasteiger charge is -2.09. The molecule has 0 saturated carbocycles. The molecule has 2 rings (SSSR count). The number of aromatic nitrogens is 3. The molecule has 0 amide bonds. The molecule has 20 heavy (non-hydrogen) atoms. The quantitative estimate of drug-likeness (QED) is 0.936. The van der Waals surface area contributed by atoms with Crippen molar-refractivity contribution in [3.05, 3.63) is 40.2 Å². The van der Waals surface area contributed by atoms with Crippen molar-refractivity contribution in [2.45, 2.75) is 37.7 Å². The molecule has 0 bridgehead atoms. The molecule has 0 radical (unpaired) electrons. The number of aromatic carboxylic acids is 1. The summed E-state index contributed by atoms with van der Waals surface area (Å²) in [6, 6.07) is 3.87. The normalized spacial score (nSPS) is 10.6. The van der Waals surface area contributed by atoms with Crippen molar-refractivity contribution in [2.24, 2.45) is 0 Å². The molecule has 0 saturated heterocycles. The molecule has 104 valence electrons. The molecule has 6 heteroatoms. The van der Waals surface area contributed by atoms with Crippen LogP contribution in [0.3, 0.4) is 0 Å². The summed E-state index contributed by atoms with van der Waals surface area (Å²) >= 11 is 1.23. The lowest BCUT2D eigenvalue weighted by Crippen LogP contribution is -2.08. The molecule has 0 aliphatic carbocycles. The van der Waals surface area contributed by atoms with E-state index >= 15 is 0 Å². The Morgan fingerprint density at radius 1 is 1.15 bits per heavy atom. The number of rotatable bonds is 3. The first-order chi connectivity index (χ1) is 9.38. The van der Waals surface area contributed by atoms with Gasteiger partial charge >= 0.3 is 5.97 Å². The molecule has 0 fully saturated rings. The van der Waals surface area contributed by atoms with Crippen molar-refractivity contribution in [1.82, 2.24) is 15.2 Å². The molecule has 0 atom stereocenters. The second kappa shape index (κ2) is 5.58. The van der Waals surface area contributed by atoms with Gasteiger partial charge in [0.05, 0.1) is 11.3 Å². The molecule has 1 N–H and O–H groups in total. The van der Waals surface area contributed by atoms with Crippen LogP contribution in [-0.4, -0.2) is 26.3 Å². The minimum Gasteiger partial charge on any atom is -0.478 e. The lowest BCUT2D eigenvalue weighted by atomic mass is 10.1. The fraction of sp³-hybridized carbons (Fsp3) is 0.286. The summed E-state index contributed by atoms with van der Waals surface area (Å²) < 4.78 is 0. The summed E-state index contributed by atoms with van der Waals surface area (Å²) in [5.74, 6) is -0.993. The largest absolute Gasteiger partial charge is 0.478 e. The first kappa shape index (κ1) is 14.5. The van der Waals surface area contributed by atoms with Gasteiger partial charge in [-0.3, -0.25) is 0 Å². The summed E-state index contributed by atoms with van der Waals surface area (Å²) in [6.07, 6.45) is 0. The Morgan fingerprint density at radius 3 is 2.45 bits per heavy atom. The smallest absolute Gasteiger partial charge is 0.338 e. The van der Waals surface area contributed by atoms with Crippen LogP contribution in [0.4, 0.5) is 0 Å². The highest BCUT2D eigenvalue weighted by molar-refractivity contribution is 7.99. The Bertz CT molecular complexity index is 666. The number of nitrogens with zero attached hydrogens (tertiary/aromatic N) is 3. The van der Waals surface area contributed by atoms with Crippen LogP contribution in [0.15, 0.2) is 22.2 Å². The van der Waals surface area contributed by atoms with E-state index in [1.165, 1.54) is 11.8 Å². The van der Waals surface area contributed by atoms with Gasteiger partial charge in [0.1, 0.15) is 10.1 Å². The Morgan fingerprint density at radius 2 is 1.85 bits per heavy atom. The lowest BCUT2D eigenvalue weighted by molar-refractivity contribution is 0.0690. The molecular weight excluding hydrogens is 274 g/mol. The summed E-state index contributed by atoms with van der Waals surface area (Å²) in [5, 5.41) is 18.5. The number of aryl methyl sites for hydroxylation is 3. The number of carbonyl (C=O) groups is 1. The minimum atomic E-state index is -0.993. The molecule has 0 unspecified atom stereocenters. The van der Waals surface area contributed by atoms with Gasteiger partial charge < -0.3 is 5.11 Å². The third-order valence-electron chi connectivity index (χ3n) is 2.91. The number of carboxylic acids is 1. The van der Waals surface area contributed by atoms with Crippen molar-refractivity contribution in [3.63, 3.8) is 0 Å². The topological polar surface area (TPSA) is 76.0 Å². The number of carboxylic acid groups (broad SMARTS) is 1. The first-order valence-corrected chi connectivity index (χ1v) is 6.90. The second-order valence-corrected chi connectivity index (χ2v) is 5.63. The molecule has 0 aromatic carbocycles. The van der Waals surface area contributed by atoms with E-state index < -0.39 is 5.97 Å². The van der Waals surface area contributed by atoms with Gasteiger partial charge in [0, 0.05) is 5.69 Å². The van der Waals surface area contributed by atoms with E-state index in [0.717, 1.165) is 16.3 Å². The van der Waals surface area contributed by atoms with Crippen molar-refractivity contribution in [2.75, 3.05) is 0 Å². The molecule has 0 aliphatic heterocycles. The minimum absolute atomic E-state index is 0.198. The maximum atomic E-state index is 11.4. The van der Waals surface area contributed by atoms with Crippen LogP contribution in [0.2, 0.25) is 0 Å². The molecule has 2 aromatic rings. The SMILES string of the molecule is Cc1cc(C)nc(Sc2nnc(C)c(C)c2C(=O)O)c1. The Hall–Kier alpha value is -1.95. The van der Waals surface area contributed by atoms with Crippen molar-refractivity contribution < 1.29 is 9.90 Å². The molecule has 0 spiro atoms. The Labute approximate surface area is 121 Å². The molecule has 5 nitrogen and oxygen atoms in total. The Kier molecular flexibility index (Phi) is 4.04. The third kappa shape index (κ3) is 2.96. The Balaban J connectivity index is 2.48. The highest BCUT2D eigenvalue weighted by Crippen LogP contribution is 2.30. The zero-order chi connectivity index (χ0) is 14.9. The maximum absolute atomic E-state index is 11.4. The van der Waals surface area contributed by atoms with Gasteiger partial charge in [-0.25, -0.2) is 9.78 Å². The van der Waals surface area contributed by atoms with Crippen molar-refractivity contribution >= 4 is 17.7 Å². The van der Waals surface area contributed by atoms with E-state index in [1.807, 2.05) is 26.0 Å². The van der Waals surface area contributed by atoms with E-state index in [0.29, 0.717) is 16.3 Å². The standard InChI is InChI=1S/C14H15N3O2S/c1-7-5-8(2)15-11(6-7)20-13-12(14(18)19)9(3)10(4)16-17-13/h5-6H,1-4H3,(H,18,19). The summed E-state index contributed by atoms with van der Waals surface area (Å²) in [5.41, 5.74) is 3.43. The van der Waals surface area contributed by atoms with Crippen molar-refractivity contribution in [3.8, 4) is 0 Å². The zero-order valence-electron chi connectivity index (χ0n) is 11.8. The third-order valence-corrected chi connectivity index (χ3v) is 3.81. The monoisotopic (exact) mass is 289 g/mol. The number of pyridine rings is 1. The van der Waals surface area contributed by atoms with E-state index in [1.54, 1.807) is 13.8 Å². The van der Waals surface area contributed by atoms with E-state index in [-0.39, 0.29) is 5.56 Å². The molecular formula is C14H15N3O2S. The van der Waals surface area contributed by atoms with E-state index in [9.17, 15) is 9.90 Å². The van der Waals surface area contributed by atoms with Crippen LogP contribution >= 0.6 is 11.8 Å². The van der Waals surface area contributed by atoms with Gasteiger partial charge in [0.25, 0.3) is 0 Å². The fourth-order valence-electron chi connectivity index (χ4n) is 1.87. The van der Waals surface area contributed by atoms with Gasteiger partial charge in [-0.1, -0.05) is 0 Å². The van der Waals surface area contributed by atoms with Gasteiger partial charge in [-0.15, -0.1) is 5.10 Å². The summed E-state index contributed by atoms with van der Waals surface area (Å²) in [7, 11) is 0. The summed E-state index contributed by atoms with van der Waals surface area (Å²) in [4.78, 5) is 15.8. The van der Waals surface area contributed by atoms with Crippen LogP contribution in [-0.2, 0) is 0 Å². The van der Waals surface area contributed by atoms with Crippen LogP contribution < -0.4 is 0 Å². The van der Waals surface area contributed by atoms with Crippen LogP contribution in [0, 0.1) is 27.7 Å². The van der Waals surface area contributed by atoms with Crippen LogP contribution in [0.5, 0.6) is 0 Å². The average molecular weight is 289 g/mol. The van der Waals surface area contributed by atoms with E-state index in [4.69, 9.17) is 0 Å². The van der Waals surface area contributed by atoms with Gasteiger partial charge in [-0.05, 0) is 62.7 Å². The zero-order valence-corrected chi connectivity index (χ0v) is 12.6. The highest BCUT2D eigenvalue weighted by Gasteiger charge is 2.19. The highest BCUT2D eigenvalue weighted by atomic mass is 32.2. The first-order valence-electron chi connectivity index (χ1n) is 6.09. The van der Waals surface area contributed by atoms with E-state index in [2.05, 4.69) is 15.2 Å². The summed E-state index contributed by atoms with van der Waals surface area (Å²) in [6.45, 7) is 7.37. The molecule has 0 aliphatic rings. The van der Waals surface area contributed by atoms with Gasteiger partial charge in [-0.2, -0.15) is 5.10 Å². The number of hydrogen-bond acceptors (Lipinski definition) is 5.